The Hall–Kier alpha value is -2.40. The van der Waals surface area contributed by atoms with Crippen molar-refractivity contribution in [3.8, 4) is 0 Å². The molecule has 1 N–H and O–H groups in total. The Morgan fingerprint density at radius 2 is 2.12 bits per heavy atom. The first-order valence-electron chi connectivity index (χ1n) is 9.34. The second-order valence-corrected chi connectivity index (χ2v) is 7.27. The summed E-state index contributed by atoms with van der Waals surface area (Å²) in [6.07, 6.45) is 3.42. The van der Waals surface area contributed by atoms with Gasteiger partial charge in [0.15, 0.2) is 0 Å². The predicted octanol–water partition coefficient (Wildman–Crippen LogP) is 2.69. The third-order valence-corrected chi connectivity index (χ3v) is 5.41. The third kappa shape index (κ3) is 3.73. The number of nitrogens with zero attached hydrogens (tertiary/aromatic N) is 2. The van der Waals surface area contributed by atoms with E-state index in [2.05, 4.69) is 46.4 Å². The first-order chi connectivity index (χ1) is 12.7. The summed E-state index contributed by atoms with van der Waals surface area (Å²) in [5.74, 6) is 0.453. The number of aryl methyl sites for hydroxylation is 1. The molecule has 4 rings (SSSR count). The fourth-order valence-electron chi connectivity index (χ4n) is 3.88. The van der Waals surface area contributed by atoms with Gasteiger partial charge in [-0.3, -0.25) is 9.78 Å². The van der Waals surface area contributed by atoms with Gasteiger partial charge in [-0.05, 0) is 49.9 Å². The molecule has 3 heterocycles. The molecule has 0 aliphatic carbocycles. The normalized spacial score (nSPS) is 25.0. The van der Waals surface area contributed by atoms with Crippen LogP contribution in [0.25, 0.3) is 0 Å². The van der Waals surface area contributed by atoms with Crippen molar-refractivity contribution in [2.24, 2.45) is 5.92 Å². The standard InChI is InChI=1S/C21H25N3O2/c1-15-5-7-18(8-6-15)24-11-9-16-12-19(26-20(16)14-24)21(25)23-13-17-4-2-3-10-22-17/h2-8,10,16,19-20H,9,11-14H2,1H3,(H,23,25)/t16-,19-,20+/m1/s1. The van der Waals surface area contributed by atoms with Gasteiger partial charge in [-0.25, -0.2) is 0 Å². The summed E-state index contributed by atoms with van der Waals surface area (Å²) in [5.41, 5.74) is 3.37. The molecule has 2 saturated heterocycles. The summed E-state index contributed by atoms with van der Waals surface area (Å²) < 4.78 is 6.12. The van der Waals surface area contributed by atoms with Crippen molar-refractivity contribution in [3.63, 3.8) is 0 Å². The lowest BCUT2D eigenvalue weighted by Gasteiger charge is -2.35. The topological polar surface area (TPSA) is 54.5 Å². The number of nitrogens with one attached hydrogen (secondary N) is 1. The van der Waals surface area contributed by atoms with Gasteiger partial charge in [-0.1, -0.05) is 23.8 Å². The molecule has 0 saturated carbocycles. The van der Waals surface area contributed by atoms with Gasteiger partial charge < -0.3 is 15.0 Å². The number of rotatable bonds is 4. The first-order valence-corrected chi connectivity index (χ1v) is 9.34. The Labute approximate surface area is 154 Å². The number of benzene rings is 1. The number of pyridine rings is 1. The maximum atomic E-state index is 12.5. The van der Waals surface area contributed by atoms with Gasteiger partial charge in [-0.15, -0.1) is 0 Å². The molecule has 1 amide bonds. The minimum atomic E-state index is -0.341. The molecule has 1 aromatic carbocycles. The second-order valence-electron chi connectivity index (χ2n) is 7.27. The van der Waals surface area contributed by atoms with Crippen LogP contribution in [0.15, 0.2) is 48.7 Å². The first kappa shape index (κ1) is 17.0. The molecule has 2 fully saturated rings. The van der Waals surface area contributed by atoms with Crippen LogP contribution in [0, 0.1) is 12.8 Å². The lowest BCUT2D eigenvalue weighted by Crippen LogP contribution is -2.42. The Balaban J connectivity index is 1.32. The number of amides is 1. The van der Waals surface area contributed by atoms with Crippen LogP contribution in [0.4, 0.5) is 5.69 Å². The Bertz CT molecular complexity index is 748. The Kier molecular flexibility index (Phi) is 4.89. The molecule has 26 heavy (non-hydrogen) atoms. The lowest BCUT2D eigenvalue weighted by molar-refractivity contribution is -0.132. The van der Waals surface area contributed by atoms with E-state index in [-0.39, 0.29) is 18.1 Å². The zero-order valence-corrected chi connectivity index (χ0v) is 15.1. The van der Waals surface area contributed by atoms with Crippen LogP contribution in [0.2, 0.25) is 0 Å². The lowest BCUT2D eigenvalue weighted by atomic mass is 9.91. The van der Waals surface area contributed by atoms with Crippen LogP contribution in [0.1, 0.15) is 24.1 Å². The molecule has 1 aromatic heterocycles. The molecule has 5 heteroatoms. The van der Waals surface area contributed by atoms with Gasteiger partial charge in [-0.2, -0.15) is 0 Å². The van der Waals surface area contributed by atoms with E-state index in [4.69, 9.17) is 4.74 Å². The van der Waals surface area contributed by atoms with Crippen molar-refractivity contribution < 1.29 is 9.53 Å². The maximum absolute atomic E-state index is 12.5. The van der Waals surface area contributed by atoms with E-state index >= 15 is 0 Å². The number of carbonyl (C=O) groups excluding carboxylic acids is 1. The van der Waals surface area contributed by atoms with Gasteiger partial charge in [0.1, 0.15) is 6.10 Å². The number of hydrogen-bond donors (Lipinski definition) is 1. The smallest absolute Gasteiger partial charge is 0.249 e. The third-order valence-electron chi connectivity index (χ3n) is 5.41. The molecule has 0 spiro atoms. The SMILES string of the molecule is Cc1ccc(N2CC[C@@H]3C[C@H](C(=O)NCc4ccccn4)O[C@H]3C2)cc1. The molecule has 2 aliphatic heterocycles. The molecule has 2 aliphatic rings. The van der Waals surface area contributed by atoms with Crippen molar-refractivity contribution in [2.45, 2.75) is 38.5 Å². The summed E-state index contributed by atoms with van der Waals surface area (Å²) >= 11 is 0. The van der Waals surface area contributed by atoms with Crippen LogP contribution in [-0.2, 0) is 16.1 Å². The fraction of sp³-hybridized carbons (Fsp3) is 0.429. The Morgan fingerprint density at radius 3 is 2.88 bits per heavy atom. The van der Waals surface area contributed by atoms with E-state index in [1.54, 1.807) is 6.20 Å². The summed E-state index contributed by atoms with van der Waals surface area (Å²) in [6.45, 7) is 4.43. The molecular weight excluding hydrogens is 326 g/mol. The van der Waals surface area contributed by atoms with Crippen molar-refractivity contribution in [2.75, 3.05) is 18.0 Å². The van der Waals surface area contributed by atoms with Crippen molar-refractivity contribution in [3.05, 3.63) is 59.9 Å². The quantitative estimate of drug-likeness (QED) is 0.920. The second kappa shape index (κ2) is 7.46. The van der Waals surface area contributed by atoms with Crippen molar-refractivity contribution in [1.82, 2.24) is 10.3 Å². The highest BCUT2D eigenvalue weighted by molar-refractivity contribution is 5.81. The van der Waals surface area contributed by atoms with E-state index < -0.39 is 0 Å². The van der Waals surface area contributed by atoms with Crippen molar-refractivity contribution in [1.29, 1.82) is 0 Å². The van der Waals surface area contributed by atoms with E-state index in [0.717, 1.165) is 31.6 Å². The number of aromatic nitrogens is 1. The van der Waals surface area contributed by atoms with Crippen LogP contribution >= 0.6 is 0 Å². The van der Waals surface area contributed by atoms with E-state index in [1.165, 1.54) is 11.3 Å². The van der Waals surface area contributed by atoms with Crippen LogP contribution < -0.4 is 10.2 Å². The number of anilines is 1. The van der Waals surface area contributed by atoms with Crippen LogP contribution in [-0.4, -0.2) is 36.2 Å². The monoisotopic (exact) mass is 351 g/mol. The average molecular weight is 351 g/mol. The van der Waals surface area contributed by atoms with Gasteiger partial charge >= 0.3 is 0 Å². The van der Waals surface area contributed by atoms with E-state index in [9.17, 15) is 4.79 Å². The van der Waals surface area contributed by atoms with E-state index in [1.807, 2.05) is 18.2 Å². The van der Waals surface area contributed by atoms with Gasteiger partial charge in [0.2, 0.25) is 5.91 Å². The maximum Gasteiger partial charge on any atom is 0.249 e. The number of fused-ring (bicyclic) bond motifs is 1. The predicted molar refractivity (Wildman–Crippen MR) is 101 cm³/mol. The molecular formula is C21H25N3O2. The molecule has 5 nitrogen and oxygen atoms in total. The van der Waals surface area contributed by atoms with Crippen molar-refractivity contribution >= 4 is 11.6 Å². The highest BCUT2D eigenvalue weighted by Crippen LogP contribution is 2.35. The summed E-state index contributed by atoms with van der Waals surface area (Å²) in [4.78, 5) is 19.1. The molecule has 0 bridgehead atoms. The molecule has 0 radical (unpaired) electrons. The number of ether oxygens (including phenoxy) is 1. The fourth-order valence-corrected chi connectivity index (χ4v) is 3.88. The minimum absolute atomic E-state index is 0.0214. The highest BCUT2D eigenvalue weighted by Gasteiger charge is 2.41. The minimum Gasteiger partial charge on any atom is -0.369 e. The van der Waals surface area contributed by atoms with Gasteiger partial charge in [0.25, 0.3) is 0 Å². The zero-order chi connectivity index (χ0) is 17.9. The summed E-state index contributed by atoms with van der Waals surface area (Å²) in [7, 11) is 0. The zero-order valence-electron chi connectivity index (χ0n) is 15.1. The largest absolute Gasteiger partial charge is 0.369 e. The van der Waals surface area contributed by atoms with Crippen LogP contribution in [0.3, 0.4) is 0 Å². The van der Waals surface area contributed by atoms with Gasteiger partial charge in [0.05, 0.1) is 18.3 Å². The average Bonchev–Trinajstić information content (AvgIpc) is 3.11. The molecule has 3 atom stereocenters. The molecule has 2 aromatic rings. The van der Waals surface area contributed by atoms with Gasteiger partial charge in [0, 0.05) is 25.0 Å². The molecule has 0 unspecified atom stereocenters. The van der Waals surface area contributed by atoms with E-state index in [0.29, 0.717) is 12.5 Å². The highest BCUT2D eigenvalue weighted by atomic mass is 16.5. The molecule has 136 valence electrons. The number of hydrogen-bond acceptors (Lipinski definition) is 4. The van der Waals surface area contributed by atoms with Crippen LogP contribution in [0.5, 0.6) is 0 Å². The number of carbonyl (C=O) groups is 1. The summed E-state index contributed by atoms with van der Waals surface area (Å²) in [5, 5.41) is 2.96. The Morgan fingerprint density at radius 1 is 1.27 bits per heavy atom. The number of piperidine rings is 1. The summed E-state index contributed by atoms with van der Waals surface area (Å²) in [6, 6.07) is 14.3.